The maximum atomic E-state index is 11.8. The predicted octanol–water partition coefficient (Wildman–Crippen LogP) is 1.60. The molecule has 1 rings (SSSR count). The van der Waals surface area contributed by atoms with Gasteiger partial charge in [-0.1, -0.05) is 6.92 Å². The second-order valence-electron chi connectivity index (χ2n) is 3.90. The van der Waals surface area contributed by atoms with Crippen LogP contribution in [0.1, 0.15) is 19.8 Å². The van der Waals surface area contributed by atoms with Crippen LogP contribution in [0, 0.1) is 0 Å². The number of hydrogen-bond donors (Lipinski definition) is 1. The van der Waals surface area contributed by atoms with Crippen LogP contribution in [0.2, 0.25) is 0 Å². The average Bonchev–Trinajstić information content (AvgIpc) is 2.24. The topological polar surface area (TPSA) is 24.5 Å². The minimum atomic E-state index is -4.51. The van der Waals surface area contributed by atoms with Gasteiger partial charge in [0.25, 0.3) is 0 Å². The normalized spacial score (nSPS) is 19.3. The van der Waals surface area contributed by atoms with Gasteiger partial charge in [-0.2, -0.15) is 0 Å². The molecule has 0 saturated carbocycles. The number of nitrogens with zero attached hydrogens (tertiary/aromatic N) is 1. The predicted molar refractivity (Wildman–Crippen MR) is 55.1 cm³/mol. The van der Waals surface area contributed by atoms with Crippen LogP contribution in [0.3, 0.4) is 0 Å². The van der Waals surface area contributed by atoms with Crippen molar-refractivity contribution in [3.63, 3.8) is 0 Å². The van der Waals surface area contributed by atoms with Crippen molar-refractivity contribution in [1.29, 1.82) is 0 Å². The molecule has 0 aromatic carbocycles. The lowest BCUT2D eigenvalue weighted by Crippen LogP contribution is -2.44. The Labute approximate surface area is 93.9 Å². The number of ether oxygens (including phenoxy) is 1. The first kappa shape index (κ1) is 13.7. The molecule has 0 unspecified atom stereocenters. The Hall–Kier alpha value is -0.330. The molecule has 3 nitrogen and oxygen atoms in total. The van der Waals surface area contributed by atoms with E-state index in [1.165, 1.54) is 0 Å². The van der Waals surface area contributed by atoms with E-state index in [9.17, 15) is 13.2 Å². The monoisotopic (exact) mass is 240 g/mol. The first-order valence-corrected chi connectivity index (χ1v) is 5.68. The molecule has 0 radical (unpaired) electrons. The molecule has 16 heavy (non-hydrogen) atoms. The fraction of sp³-hybridized carbons (Fsp3) is 1.00. The highest BCUT2D eigenvalue weighted by atomic mass is 19.4. The third kappa shape index (κ3) is 5.14. The van der Waals surface area contributed by atoms with Gasteiger partial charge in [0.15, 0.2) is 0 Å². The first-order chi connectivity index (χ1) is 7.53. The Morgan fingerprint density at radius 3 is 2.44 bits per heavy atom. The molecule has 0 spiro atoms. The molecule has 6 heteroatoms. The number of alkyl halides is 3. The van der Waals surface area contributed by atoms with Gasteiger partial charge >= 0.3 is 6.36 Å². The van der Waals surface area contributed by atoms with E-state index in [-0.39, 0.29) is 6.61 Å². The number of piperidine rings is 1. The maximum Gasteiger partial charge on any atom is 0.522 e. The molecule has 1 aliphatic heterocycles. The van der Waals surface area contributed by atoms with E-state index in [2.05, 4.69) is 15.0 Å². The van der Waals surface area contributed by atoms with Gasteiger partial charge in [-0.3, -0.25) is 9.64 Å². The average molecular weight is 240 g/mol. The Balaban J connectivity index is 2.25. The quantitative estimate of drug-likeness (QED) is 0.790. The zero-order chi connectivity index (χ0) is 12.0. The zero-order valence-electron chi connectivity index (χ0n) is 9.52. The molecule has 1 saturated heterocycles. The van der Waals surface area contributed by atoms with E-state index in [1.54, 1.807) is 0 Å². The number of rotatable bonds is 5. The smallest absolute Gasteiger partial charge is 0.317 e. The van der Waals surface area contributed by atoms with Crippen LogP contribution in [0.5, 0.6) is 0 Å². The summed E-state index contributed by atoms with van der Waals surface area (Å²) in [4.78, 5) is 2.06. The van der Waals surface area contributed by atoms with Crippen molar-refractivity contribution in [3.05, 3.63) is 0 Å². The minimum absolute atomic E-state index is 0.277. The molecule has 0 aliphatic carbocycles. The van der Waals surface area contributed by atoms with E-state index in [1.807, 2.05) is 6.92 Å². The maximum absolute atomic E-state index is 11.8. The lowest BCUT2D eigenvalue weighted by atomic mass is 10.1. The van der Waals surface area contributed by atoms with Gasteiger partial charge < -0.3 is 5.32 Å². The van der Waals surface area contributed by atoms with Crippen molar-refractivity contribution in [1.82, 2.24) is 10.2 Å². The van der Waals surface area contributed by atoms with E-state index in [4.69, 9.17) is 0 Å². The van der Waals surface area contributed by atoms with E-state index in [0.717, 1.165) is 32.5 Å². The highest BCUT2D eigenvalue weighted by Crippen LogP contribution is 2.17. The van der Waals surface area contributed by atoms with Crippen LogP contribution in [0.25, 0.3) is 0 Å². The first-order valence-electron chi connectivity index (χ1n) is 5.68. The van der Waals surface area contributed by atoms with Crippen molar-refractivity contribution < 1.29 is 17.9 Å². The lowest BCUT2D eigenvalue weighted by Gasteiger charge is -2.33. The van der Waals surface area contributed by atoms with Gasteiger partial charge in [-0.15, -0.1) is 13.2 Å². The summed E-state index contributed by atoms with van der Waals surface area (Å²) in [7, 11) is 0. The fourth-order valence-corrected chi connectivity index (χ4v) is 2.05. The Morgan fingerprint density at radius 1 is 1.31 bits per heavy atom. The Morgan fingerprint density at radius 2 is 1.94 bits per heavy atom. The molecule has 1 fully saturated rings. The number of hydrogen-bond acceptors (Lipinski definition) is 3. The van der Waals surface area contributed by atoms with Crippen molar-refractivity contribution in [3.8, 4) is 0 Å². The summed E-state index contributed by atoms with van der Waals surface area (Å²) in [6, 6.07) is 0.392. The lowest BCUT2D eigenvalue weighted by molar-refractivity contribution is -0.325. The molecule has 0 atom stereocenters. The summed E-state index contributed by atoms with van der Waals surface area (Å²) in [6.45, 7) is 4.70. The molecular weight excluding hydrogens is 221 g/mol. The second-order valence-corrected chi connectivity index (χ2v) is 3.90. The molecule has 1 N–H and O–H groups in total. The van der Waals surface area contributed by atoms with E-state index < -0.39 is 6.36 Å². The van der Waals surface area contributed by atoms with Crippen molar-refractivity contribution in [2.45, 2.75) is 32.2 Å². The molecule has 96 valence electrons. The summed E-state index contributed by atoms with van der Waals surface area (Å²) >= 11 is 0. The molecule has 1 aliphatic rings. The van der Waals surface area contributed by atoms with Crippen LogP contribution in [0.15, 0.2) is 0 Å². The molecule has 1 heterocycles. The van der Waals surface area contributed by atoms with Crippen LogP contribution >= 0.6 is 0 Å². The Bertz CT molecular complexity index is 193. The molecular formula is C10H19F3N2O. The van der Waals surface area contributed by atoms with Crippen LogP contribution < -0.4 is 5.32 Å². The van der Waals surface area contributed by atoms with Gasteiger partial charge in [0.1, 0.15) is 0 Å². The van der Waals surface area contributed by atoms with Gasteiger partial charge in [0.2, 0.25) is 0 Å². The van der Waals surface area contributed by atoms with Crippen LogP contribution in [-0.4, -0.2) is 50.1 Å². The SMILES string of the molecule is CCN(CCOC(F)(F)F)C1CCNCC1. The van der Waals surface area contributed by atoms with Gasteiger partial charge in [-0.05, 0) is 32.5 Å². The van der Waals surface area contributed by atoms with Gasteiger partial charge in [-0.25, -0.2) is 0 Å². The number of likely N-dealkylation sites (N-methyl/N-ethyl adjacent to an activating group) is 1. The summed E-state index contributed by atoms with van der Waals surface area (Å²) in [6.07, 6.45) is -2.51. The van der Waals surface area contributed by atoms with Crippen molar-refractivity contribution in [2.75, 3.05) is 32.8 Å². The third-order valence-electron chi connectivity index (χ3n) is 2.88. The van der Waals surface area contributed by atoms with E-state index >= 15 is 0 Å². The minimum Gasteiger partial charge on any atom is -0.317 e. The van der Waals surface area contributed by atoms with Crippen LogP contribution in [-0.2, 0) is 4.74 Å². The highest BCUT2D eigenvalue weighted by molar-refractivity contribution is 4.76. The molecule has 0 bridgehead atoms. The number of halogens is 3. The Kier molecular flexibility index (Phi) is 5.51. The van der Waals surface area contributed by atoms with Crippen molar-refractivity contribution >= 4 is 0 Å². The standard InChI is InChI=1S/C10H19F3N2O/c1-2-15(7-8-16-10(11,12)13)9-3-5-14-6-4-9/h9,14H,2-8H2,1H3. The largest absolute Gasteiger partial charge is 0.522 e. The van der Waals surface area contributed by atoms with Crippen LogP contribution in [0.4, 0.5) is 13.2 Å². The fourth-order valence-electron chi connectivity index (χ4n) is 2.05. The summed E-state index contributed by atoms with van der Waals surface area (Å²) in [5.74, 6) is 0. The molecule has 0 amide bonds. The van der Waals surface area contributed by atoms with Gasteiger partial charge in [0.05, 0.1) is 6.61 Å². The van der Waals surface area contributed by atoms with Gasteiger partial charge in [0, 0.05) is 12.6 Å². The second kappa shape index (κ2) is 6.42. The highest BCUT2D eigenvalue weighted by Gasteiger charge is 2.29. The third-order valence-corrected chi connectivity index (χ3v) is 2.88. The zero-order valence-corrected chi connectivity index (χ0v) is 9.52. The number of nitrogens with one attached hydrogen (secondary N) is 1. The summed E-state index contributed by atoms with van der Waals surface area (Å²) in [5, 5.41) is 3.24. The molecule has 0 aromatic heterocycles. The summed E-state index contributed by atoms with van der Waals surface area (Å²) in [5.41, 5.74) is 0. The molecule has 0 aromatic rings. The van der Waals surface area contributed by atoms with Crippen molar-refractivity contribution in [2.24, 2.45) is 0 Å². The van der Waals surface area contributed by atoms with E-state index in [0.29, 0.717) is 12.6 Å². The summed E-state index contributed by atoms with van der Waals surface area (Å²) < 4.78 is 39.2.